The molecule has 1 aliphatic heterocycles. The van der Waals surface area contributed by atoms with Gasteiger partial charge in [0.25, 0.3) is 0 Å². The Kier molecular flexibility index (Phi) is 8.80. The number of nitrogens with one attached hydrogen (secondary N) is 3. The molecule has 4 rings (SSSR count). The maximum absolute atomic E-state index is 6.05. The summed E-state index contributed by atoms with van der Waals surface area (Å²) in [4.78, 5) is 6.54. The highest BCUT2D eigenvalue weighted by Gasteiger charge is 2.11. The normalized spacial score (nSPS) is 13.4. The third-order valence-corrected chi connectivity index (χ3v) is 6.26. The van der Waals surface area contributed by atoms with E-state index in [1.54, 1.807) is 7.11 Å². The number of hydrogen-bond donors (Lipinski definition) is 3. The quantitative estimate of drug-likeness (QED) is 0.292. The molecule has 1 aromatic heterocycles. The first-order valence-electron chi connectivity index (χ1n) is 12.0. The van der Waals surface area contributed by atoms with Crippen molar-refractivity contribution < 1.29 is 9.47 Å². The predicted octanol–water partition coefficient (Wildman–Crippen LogP) is 3.57. The summed E-state index contributed by atoms with van der Waals surface area (Å²) >= 11 is 5.44. The van der Waals surface area contributed by atoms with Gasteiger partial charge in [0, 0.05) is 68.6 Å². The summed E-state index contributed by atoms with van der Waals surface area (Å²) < 4.78 is 13.7. The Bertz CT molecular complexity index is 1100. The van der Waals surface area contributed by atoms with Crippen LogP contribution < -0.4 is 30.3 Å². The Morgan fingerprint density at radius 1 is 1.11 bits per heavy atom. The van der Waals surface area contributed by atoms with Crippen LogP contribution in [0.15, 0.2) is 55.0 Å². The predicted molar refractivity (Wildman–Crippen MR) is 145 cm³/mol. The number of anilines is 2. The van der Waals surface area contributed by atoms with Gasteiger partial charge in [-0.3, -0.25) is 0 Å². The largest absolute Gasteiger partial charge is 0.493 e. The van der Waals surface area contributed by atoms with Crippen LogP contribution in [0, 0.1) is 6.92 Å². The average Bonchev–Trinajstić information content (AvgIpc) is 3.31. The van der Waals surface area contributed by atoms with Crippen molar-refractivity contribution >= 4 is 28.7 Å². The van der Waals surface area contributed by atoms with Crippen LogP contribution in [0.5, 0.6) is 11.5 Å². The highest BCUT2D eigenvalue weighted by Crippen LogP contribution is 2.31. The minimum atomic E-state index is 0.474. The molecule has 1 aliphatic rings. The molecule has 0 radical (unpaired) electrons. The molecule has 3 aromatic rings. The van der Waals surface area contributed by atoms with Gasteiger partial charge in [-0.05, 0) is 55.4 Å². The number of rotatable bonds is 10. The number of aromatic nitrogens is 2. The van der Waals surface area contributed by atoms with E-state index in [0.717, 1.165) is 62.6 Å². The van der Waals surface area contributed by atoms with Crippen LogP contribution in [0.3, 0.4) is 0 Å². The molecule has 8 nitrogen and oxygen atoms in total. The molecule has 1 saturated heterocycles. The zero-order valence-electron chi connectivity index (χ0n) is 20.4. The number of thiocarbonyl (C=S) groups is 1. The lowest BCUT2D eigenvalue weighted by Gasteiger charge is -2.29. The molecule has 0 saturated carbocycles. The topological polar surface area (TPSA) is 75.6 Å². The molecular weight excluding hydrogens is 460 g/mol. The van der Waals surface area contributed by atoms with Crippen molar-refractivity contribution in [3.8, 4) is 11.5 Å². The van der Waals surface area contributed by atoms with E-state index in [9.17, 15) is 0 Å². The Morgan fingerprint density at radius 2 is 1.91 bits per heavy atom. The number of methoxy groups -OCH3 is 1. The van der Waals surface area contributed by atoms with E-state index >= 15 is 0 Å². The van der Waals surface area contributed by atoms with Gasteiger partial charge in [0.05, 0.1) is 13.4 Å². The number of imidazole rings is 1. The van der Waals surface area contributed by atoms with Gasteiger partial charge in [0.1, 0.15) is 6.61 Å². The molecule has 3 N–H and O–H groups in total. The van der Waals surface area contributed by atoms with Gasteiger partial charge < -0.3 is 34.9 Å². The van der Waals surface area contributed by atoms with Crippen LogP contribution in [0.2, 0.25) is 0 Å². The van der Waals surface area contributed by atoms with Crippen molar-refractivity contribution in [1.82, 2.24) is 20.2 Å². The van der Waals surface area contributed by atoms with Crippen LogP contribution in [-0.2, 0) is 13.2 Å². The summed E-state index contributed by atoms with van der Waals surface area (Å²) in [5.74, 6) is 1.35. The maximum atomic E-state index is 6.05. The van der Waals surface area contributed by atoms with Crippen molar-refractivity contribution in [2.75, 3.05) is 50.1 Å². The lowest BCUT2D eigenvalue weighted by Crippen LogP contribution is -2.43. The van der Waals surface area contributed by atoms with Gasteiger partial charge in [0.15, 0.2) is 16.6 Å². The zero-order valence-corrected chi connectivity index (χ0v) is 21.2. The van der Waals surface area contributed by atoms with Gasteiger partial charge in [-0.15, -0.1) is 0 Å². The molecular formula is C26H34N6O2S. The smallest absolute Gasteiger partial charge is 0.170 e. The van der Waals surface area contributed by atoms with Gasteiger partial charge in [-0.2, -0.15) is 0 Å². The number of piperazine rings is 1. The van der Waals surface area contributed by atoms with Crippen LogP contribution in [-0.4, -0.2) is 54.5 Å². The molecule has 186 valence electrons. The first-order chi connectivity index (χ1) is 17.1. The van der Waals surface area contributed by atoms with Crippen LogP contribution in [0.1, 0.15) is 17.7 Å². The van der Waals surface area contributed by atoms with Crippen LogP contribution in [0.4, 0.5) is 11.4 Å². The lowest BCUT2D eigenvalue weighted by molar-refractivity contribution is 0.284. The van der Waals surface area contributed by atoms with Gasteiger partial charge in [0.2, 0.25) is 0 Å². The summed E-state index contributed by atoms with van der Waals surface area (Å²) in [5.41, 5.74) is 4.37. The van der Waals surface area contributed by atoms with Gasteiger partial charge in [-0.25, -0.2) is 4.98 Å². The second-order valence-corrected chi connectivity index (χ2v) is 8.93. The lowest BCUT2D eigenvalue weighted by atomic mass is 10.2. The molecule has 9 heteroatoms. The minimum absolute atomic E-state index is 0.474. The average molecular weight is 495 g/mol. The molecule has 0 bridgehead atoms. The molecule has 0 spiro atoms. The van der Waals surface area contributed by atoms with Crippen molar-refractivity contribution in [3.63, 3.8) is 0 Å². The Labute approximate surface area is 212 Å². The SMILES string of the molecule is COc1cc(NC(=S)NCCCn2cncc2C)ccc1OCc1ccc(N2CCNCC2)cc1. The third kappa shape index (κ3) is 7.10. The molecule has 0 aliphatic carbocycles. The van der Waals surface area contributed by atoms with E-state index in [4.69, 9.17) is 21.7 Å². The summed E-state index contributed by atoms with van der Waals surface area (Å²) in [5, 5.41) is 10.4. The monoisotopic (exact) mass is 494 g/mol. The molecule has 0 amide bonds. The van der Waals surface area contributed by atoms with E-state index in [1.807, 2.05) is 30.7 Å². The fourth-order valence-corrected chi connectivity index (χ4v) is 4.22. The fourth-order valence-electron chi connectivity index (χ4n) is 4.00. The highest BCUT2D eigenvalue weighted by molar-refractivity contribution is 7.80. The number of hydrogen-bond acceptors (Lipinski definition) is 6. The molecule has 2 heterocycles. The Morgan fingerprint density at radius 3 is 2.63 bits per heavy atom. The van der Waals surface area contributed by atoms with Crippen molar-refractivity contribution in [3.05, 3.63) is 66.2 Å². The van der Waals surface area contributed by atoms with E-state index in [0.29, 0.717) is 23.2 Å². The zero-order chi connectivity index (χ0) is 24.5. The molecule has 1 fully saturated rings. The molecule has 0 unspecified atom stereocenters. The molecule has 0 atom stereocenters. The highest BCUT2D eigenvalue weighted by atomic mass is 32.1. The summed E-state index contributed by atoms with van der Waals surface area (Å²) in [6.45, 7) is 8.34. The van der Waals surface area contributed by atoms with Crippen molar-refractivity contribution in [2.24, 2.45) is 0 Å². The third-order valence-electron chi connectivity index (χ3n) is 6.02. The van der Waals surface area contributed by atoms with E-state index < -0.39 is 0 Å². The molecule has 2 aromatic carbocycles. The van der Waals surface area contributed by atoms with E-state index in [1.165, 1.54) is 5.69 Å². The van der Waals surface area contributed by atoms with Gasteiger partial charge in [-0.1, -0.05) is 12.1 Å². The summed E-state index contributed by atoms with van der Waals surface area (Å²) in [7, 11) is 1.64. The first-order valence-corrected chi connectivity index (χ1v) is 12.4. The van der Waals surface area contributed by atoms with Crippen molar-refractivity contribution in [2.45, 2.75) is 26.5 Å². The van der Waals surface area contributed by atoms with Crippen LogP contribution in [0.25, 0.3) is 0 Å². The fraction of sp³-hybridized carbons (Fsp3) is 0.385. The Balaban J connectivity index is 1.24. The van der Waals surface area contributed by atoms with E-state index in [2.05, 4.69) is 61.6 Å². The minimum Gasteiger partial charge on any atom is -0.493 e. The van der Waals surface area contributed by atoms with Gasteiger partial charge >= 0.3 is 0 Å². The van der Waals surface area contributed by atoms with E-state index in [-0.39, 0.29) is 0 Å². The first kappa shape index (κ1) is 24.8. The summed E-state index contributed by atoms with van der Waals surface area (Å²) in [6.07, 6.45) is 4.67. The number of aryl methyl sites for hydroxylation is 2. The van der Waals surface area contributed by atoms with Crippen molar-refractivity contribution in [1.29, 1.82) is 0 Å². The number of ether oxygens (including phenoxy) is 2. The second kappa shape index (κ2) is 12.4. The number of nitrogens with zero attached hydrogens (tertiary/aromatic N) is 3. The molecule has 35 heavy (non-hydrogen) atoms. The summed E-state index contributed by atoms with van der Waals surface area (Å²) in [6, 6.07) is 14.3. The maximum Gasteiger partial charge on any atom is 0.170 e. The second-order valence-electron chi connectivity index (χ2n) is 8.52. The standard InChI is InChI=1S/C26H34N6O2S/c1-20-17-28-19-32(20)13-3-10-29-26(35)30-22-6-9-24(25(16-22)33-2)34-18-21-4-7-23(8-5-21)31-14-11-27-12-15-31/h4-9,16-17,19,27H,3,10-15,18H2,1-2H3,(H2,29,30,35). The number of benzene rings is 2. The Hall–Kier alpha value is -3.30. The van der Waals surface area contributed by atoms with Crippen LogP contribution >= 0.6 is 12.2 Å².